The van der Waals surface area contributed by atoms with Crippen LogP contribution in [0.15, 0.2) is 44.7 Å². The van der Waals surface area contributed by atoms with Gasteiger partial charge in [-0.2, -0.15) is 9.78 Å². The first kappa shape index (κ1) is 24.9. The van der Waals surface area contributed by atoms with E-state index in [0.717, 1.165) is 4.47 Å². The third kappa shape index (κ3) is 5.42. The monoisotopic (exact) mass is 534 g/mol. The Bertz CT molecular complexity index is 1310. The molecular formula is C23H24BrClN4O4. The van der Waals surface area contributed by atoms with Crippen molar-refractivity contribution < 1.29 is 9.66 Å². The van der Waals surface area contributed by atoms with Gasteiger partial charge in [-0.25, -0.2) is 4.98 Å². The Balaban J connectivity index is 2.17. The Morgan fingerprint density at radius 1 is 1.33 bits per heavy atom. The normalized spacial score (nSPS) is 12.9. The van der Waals surface area contributed by atoms with Crippen molar-refractivity contribution in [1.29, 1.82) is 0 Å². The highest BCUT2D eigenvalue weighted by atomic mass is 79.9. The van der Waals surface area contributed by atoms with Gasteiger partial charge in [0.25, 0.3) is 5.56 Å². The predicted octanol–water partition coefficient (Wildman–Crippen LogP) is 6.08. The van der Waals surface area contributed by atoms with Gasteiger partial charge in [0, 0.05) is 21.5 Å². The van der Waals surface area contributed by atoms with Gasteiger partial charge in [0.2, 0.25) is 5.75 Å². The van der Waals surface area contributed by atoms with E-state index in [9.17, 15) is 14.9 Å². The SMILES string of the molecule is CC[C@H](C)Oc1c(Cl)cc(C=Nn2c(C(C)(C)C)nc3ccc(Br)cc3c2=O)cc1[N+](=O)[O-]. The van der Waals surface area contributed by atoms with Gasteiger partial charge in [0.1, 0.15) is 5.82 Å². The third-order valence-corrected chi connectivity index (χ3v) is 5.71. The molecule has 10 heteroatoms. The fourth-order valence-corrected chi connectivity index (χ4v) is 3.70. The number of rotatable bonds is 6. The molecule has 2 aromatic carbocycles. The maximum atomic E-state index is 13.3. The number of aromatic nitrogens is 2. The van der Waals surface area contributed by atoms with E-state index in [2.05, 4.69) is 26.0 Å². The summed E-state index contributed by atoms with van der Waals surface area (Å²) < 4.78 is 7.62. The van der Waals surface area contributed by atoms with Gasteiger partial charge in [-0.05, 0) is 37.6 Å². The van der Waals surface area contributed by atoms with E-state index in [1.54, 1.807) is 19.1 Å². The molecule has 0 aliphatic heterocycles. The minimum Gasteiger partial charge on any atom is -0.483 e. The molecule has 0 N–H and O–H groups in total. The van der Waals surface area contributed by atoms with Gasteiger partial charge < -0.3 is 4.74 Å². The molecule has 8 nitrogen and oxygen atoms in total. The average Bonchev–Trinajstić information content (AvgIpc) is 2.73. The van der Waals surface area contributed by atoms with Gasteiger partial charge in [0.05, 0.1) is 33.2 Å². The van der Waals surface area contributed by atoms with Gasteiger partial charge >= 0.3 is 5.69 Å². The summed E-state index contributed by atoms with van der Waals surface area (Å²) in [7, 11) is 0. The van der Waals surface area contributed by atoms with Crippen molar-refractivity contribution in [3.05, 3.63) is 71.7 Å². The number of ether oxygens (including phenoxy) is 1. The first-order valence-corrected chi connectivity index (χ1v) is 11.5. The number of hydrogen-bond acceptors (Lipinski definition) is 6. The fourth-order valence-electron chi connectivity index (χ4n) is 3.08. The molecule has 1 heterocycles. The molecule has 0 amide bonds. The molecule has 3 rings (SSSR count). The topological polar surface area (TPSA) is 99.6 Å². The number of nitrogens with zero attached hydrogens (tertiary/aromatic N) is 4. The fraction of sp³-hybridized carbons (Fsp3) is 0.348. The Morgan fingerprint density at radius 3 is 2.64 bits per heavy atom. The molecule has 1 aromatic heterocycles. The van der Waals surface area contributed by atoms with Crippen LogP contribution in [0.1, 0.15) is 52.4 Å². The Kier molecular flexibility index (Phi) is 7.23. The quantitative estimate of drug-likeness (QED) is 0.216. The molecule has 0 bridgehead atoms. The Hall–Kier alpha value is -2.78. The predicted molar refractivity (Wildman–Crippen MR) is 134 cm³/mol. The highest BCUT2D eigenvalue weighted by molar-refractivity contribution is 9.10. The van der Waals surface area contributed by atoms with Crippen molar-refractivity contribution in [2.24, 2.45) is 5.10 Å². The largest absolute Gasteiger partial charge is 0.483 e. The average molecular weight is 536 g/mol. The van der Waals surface area contributed by atoms with Crippen LogP contribution in [0.5, 0.6) is 5.75 Å². The van der Waals surface area contributed by atoms with E-state index < -0.39 is 10.3 Å². The molecule has 3 aromatic rings. The van der Waals surface area contributed by atoms with E-state index in [0.29, 0.717) is 28.7 Å². The minimum atomic E-state index is -0.553. The molecule has 1 atom stereocenters. The first-order valence-electron chi connectivity index (χ1n) is 10.3. The van der Waals surface area contributed by atoms with Crippen LogP contribution in [-0.2, 0) is 5.41 Å². The molecule has 0 saturated carbocycles. The molecule has 0 radical (unpaired) electrons. The van der Waals surface area contributed by atoms with Crippen LogP contribution in [-0.4, -0.2) is 26.9 Å². The highest BCUT2D eigenvalue weighted by Gasteiger charge is 2.24. The Morgan fingerprint density at radius 2 is 2.03 bits per heavy atom. The summed E-state index contributed by atoms with van der Waals surface area (Å²) >= 11 is 9.69. The van der Waals surface area contributed by atoms with Crippen LogP contribution in [0.3, 0.4) is 0 Å². The lowest BCUT2D eigenvalue weighted by atomic mass is 9.95. The van der Waals surface area contributed by atoms with Crippen molar-refractivity contribution in [2.45, 2.75) is 52.6 Å². The summed E-state index contributed by atoms with van der Waals surface area (Å²) in [6.45, 7) is 9.49. The lowest BCUT2D eigenvalue weighted by Crippen LogP contribution is -2.29. The zero-order chi connectivity index (χ0) is 24.5. The van der Waals surface area contributed by atoms with Crippen LogP contribution in [0.2, 0.25) is 5.02 Å². The summed E-state index contributed by atoms with van der Waals surface area (Å²) in [6, 6.07) is 8.11. The zero-order valence-electron chi connectivity index (χ0n) is 18.9. The molecular weight excluding hydrogens is 512 g/mol. The first-order chi connectivity index (χ1) is 15.4. The molecule has 33 heavy (non-hydrogen) atoms. The van der Waals surface area contributed by atoms with Crippen LogP contribution < -0.4 is 10.3 Å². The van der Waals surface area contributed by atoms with Gasteiger partial charge in [-0.1, -0.05) is 55.2 Å². The van der Waals surface area contributed by atoms with Crippen LogP contribution in [0.4, 0.5) is 5.69 Å². The molecule has 0 aliphatic carbocycles. The maximum absolute atomic E-state index is 13.3. The number of benzene rings is 2. The summed E-state index contributed by atoms with van der Waals surface area (Å²) in [4.78, 5) is 29.0. The van der Waals surface area contributed by atoms with Crippen LogP contribution in [0, 0.1) is 10.1 Å². The molecule has 0 saturated heterocycles. The van der Waals surface area contributed by atoms with Crippen LogP contribution >= 0.6 is 27.5 Å². The van der Waals surface area contributed by atoms with Crippen molar-refractivity contribution in [3.63, 3.8) is 0 Å². The lowest BCUT2D eigenvalue weighted by Gasteiger charge is -2.20. The highest BCUT2D eigenvalue weighted by Crippen LogP contribution is 2.37. The summed E-state index contributed by atoms with van der Waals surface area (Å²) in [6.07, 6.45) is 1.78. The lowest BCUT2D eigenvalue weighted by molar-refractivity contribution is -0.386. The van der Waals surface area contributed by atoms with E-state index >= 15 is 0 Å². The number of halogens is 2. The van der Waals surface area contributed by atoms with E-state index in [1.807, 2.05) is 33.8 Å². The van der Waals surface area contributed by atoms with Gasteiger partial charge in [-0.3, -0.25) is 14.9 Å². The van der Waals surface area contributed by atoms with Crippen molar-refractivity contribution in [3.8, 4) is 5.75 Å². The third-order valence-electron chi connectivity index (χ3n) is 4.94. The summed E-state index contributed by atoms with van der Waals surface area (Å²) in [5.74, 6) is 0.467. The molecule has 0 unspecified atom stereocenters. The molecule has 0 fully saturated rings. The minimum absolute atomic E-state index is 0.0120. The Labute approximate surface area is 204 Å². The number of nitro groups is 1. The second-order valence-electron chi connectivity index (χ2n) is 8.65. The second-order valence-corrected chi connectivity index (χ2v) is 9.98. The molecule has 0 aliphatic rings. The molecule has 0 spiro atoms. The van der Waals surface area contributed by atoms with Gasteiger partial charge in [-0.15, -0.1) is 0 Å². The zero-order valence-corrected chi connectivity index (χ0v) is 21.3. The standard InChI is InChI=1S/C23H24BrClN4O4/c1-6-13(2)33-20-17(25)9-14(10-19(20)29(31)32)12-26-28-21(30)16-11-15(24)7-8-18(16)27-22(28)23(3,4)5/h7-13H,6H2,1-5H3/t13-/m0/s1. The van der Waals surface area contributed by atoms with E-state index in [1.165, 1.54) is 23.0 Å². The summed E-state index contributed by atoms with van der Waals surface area (Å²) in [5.41, 5.74) is -0.197. The van der Waals surface area contributed by atoms with Gasteiger partial charge in [0.15, 0.2) is 0 Å². The number of hydrogen-bond donors (Lipinski definition) is 0. The smallest absolute Gasteiger partial charge is 0.313 e. The van der Waals surface area contributed by atoms with E-state index in [-0.39, 0.29) is 28.1 Å². The van der Waals surface area contributed by atoms with Crippen molar-refractivity contribution in [2.75, 3.05) is 0 Å². The number of nitro benzene ring substituents is 1. The maximum Gasteiger partial charge on any atom is 0.313 e. The molecule has 174 valence electrons. The van der Waals surface area contributed by atoms with Crippen LogP contribution in [0.25, 0.3) is 10.9 Å². The summed E-state index contributed by atoms with van der Waals surface area (Å²) in [5, 5.41) is 16.5. The number of fused-ring (bicyclic) bond motifs is 1. The van der Waals surface area contributed by atoms with Crippen molar-refractivity contribution in [1.82, 2.24) is 9.66 Å². The van der Waals surface area contributed by atoms with E-state index in [4.69, 9.17) is 16.3 Å². The van der Waals surface area contributed by atoms with Crippen molar-refractivity contribution >= 4 is 50.3 Å². The second kappa shape index (κ2) is 9.61.